The summed E-state index contributed by atoms with van der Waals surface area (Å²) in [4.78, 5) is 34.6. The average Bonchev–Trinajstić information content (AvgIpc) is 3.30. The number of benzene rings is 2. The van der Waals surface area contributed by atoms with Gasteiger partial charge in [0, 0.05) is 17.3 Å². The van der Waals surface area contributed by atoms with Gasteiger partial charge in [-0.15, -0.1) is 11.3 Å². The van der Waals surface area contributed by atoms with Crippen LogP contribution in [0.25, 0.3) is 6.08 Å². The Morgan fingerprint density at radius 2 is 1.93 bits per heavy atom. The third-order valence-electron chi connectivity index (χ3n) is 4.10. The minimum Gasteiger partial charge on any atom is -0.402 e. The largest absolute Gasteiger partial charge is 0.402 e. The molecule has 0 bridgehead atoms. The molecule has 9 heteroatoms. The molecule has 1 amide bonds. The van der Waals surface area contributed by atoms with Gasteiger partial charge < -0.3 is 4.74 Å². The topological polar surface area (TPSA) is 71.9 Å². The summed E-state index contributed by atoms with van der Waals surface area (Å²) in [5, 5.41) is 3.01. The summed E-state index contributed by atoms with van der Waals surface area (Å²) in [6, 6.07) is 14.0. The molecule has 0 atom stereocenters. The number of halogens is 2. The fourth-order valence-corrected chi connectivity index (χ4v) is 4.11. The van der Waals surface area contributed by atoms with Crippen LogP contribution in [0.3, 0.4) is 0 Å². The summed E-state index contributed by atoms with van der Waals surface area (Å²) < 4.78 is 5.24. The maximum absolute atomic E-state index is 12.2. The van der Waals surface area contributed by atoms with E-state index in [1.807, 2.05) is 30.3 Å². The van der Waals surface area contributed by atoms with Crippen LogP contribution in [-0.2, 0) is 14.3 Å². The molecule has 0 aliphatic carbocycles. The molecule has 3 aromatic rings. The fourth-order valence-electron chi connectivity index (χ4n) is 2.78. The summed E-state index contributed by atoms with van der Waals surface area (Å²) >= 11 is 13.4. The molecule has 1 aromatic heterocycles. The highest BCUT2D eigenvalue weighted by Crippen LogP contribution is 2.30. The second-order valence-corrected chi connectivity index (χ2v) is 7.89. The van der Waals surface area contributed by atoms with E-state index in [4.69, 9.17) is 27.9 Å². The minimum absolute atomic E-state index is 0.0851. The molecular weight excluding hydrogens is 445 g/mol. The maximum Gasteiger partial charge on any atom is 0.363 e. The molecule has 0 fully saturated rings. The summed E-state index contributed by atoms with van der Waals surface area (Å²) in [6.45, 7) is 1.47. The van der Waals surface area contributed by atoms with Gasteiger partial charge >= 0.3 is 5.97 Å². The van der Waals surface area contributed by atoms with Gasteiger partial charge in [-0.05, 0) is 36.4 Å². The highest BCUT2D eigenvalue weighted by Gasteiger charge is 2.26. The molecule has 2 heterocycles. The van der Waals surface area contributed by atoms with Gasteiger partial charge in [-0.1, -0.05) is 41.4 Å². The number of cyclic esters (lactones) is 1. The van der Waals surface area contributed by atoms with Crippen molar-refractivity contribution in [2.24, 2.45) is 4.99 Å². The van der Waals surface area contributed by atoms with E-state index < -0.39 is 5.97 Å². The van der Waals surface area contributed by atoms with Gasteiger partial charge in [0.15, 0.2) is 10.8 Å². The zero-order chi connectivity index (χ0) is 21.3. The number of aromatic nitrogens is 1. The van der Waals surface area contributed by atoms with Gasteiger partial charge in [0.05, 0.1) is 22.0 Å². The van der Waals surface area contributed by atoms with Crippen molar-refractivity contribution in [3.8, 4) is 0 Å². The van der Waals surface area contributed by atoms with Crippen molar-refractivity contribution in [1.29, 1.82) is 0 Å². The molecular formula is C21H13Cl2N3O3S. The molecule has 30 heavy (non-hydrogen) atoms. The molecule has 4 rings (SSSR count). The van der Waals surface area contributed by atoms with E-state index in [2.05, 4.69) is 9.98 Å². The molecule has 6 nitrogen and oxygen atoms in total. The predicted molar refractivity (Wildman–Crippen MR) is 118 cm³/mol. The quantitative estimate of drug-likeness (QED) is 0.384. The number of hydrogen-bond donors (Lipinski definition) is 0. The summed E-state index contributed by atoms with van der Waals surface area (Å²) in [7, 11) is 0. The molecule has 1 aliphatic heterocycles. The van der Waals surface area contributed by atoms with Gasteiger partial charge in [0.1, 0.15) is 0 Å². The number of hydrogen-bond acceptors (Lipinski definition) is 6. The van der Waals surface area contributed by atoms with E-state index in [1.165, 1.54) is 29.2 Å². The highest BCUT2D eigenvalue weighted by molar-refractivity contribution is 7.14. The number of ether oxygens (including phenoxy) is 1. The van der Waals surface area contributed by atoms with Crippen LogP contribution in [-0.4, -0.2) is 22.8 Å². The predicted octanol–water partition coefficient (Wildman–Crippen LogP) is 5.48. The maximum atomic E-state index is 12.2. The molecule has 0 unspecified atom stereocenters. The SMILES string of the molecule is CC(=O)N(c1ccccc1)c1nc(/C=C2\N=C(c3ccc(Cl)cc3Cl)OC2=O)cs1. The Bertz CT molecular complexity index is 1210. The van der Waals surface area contributed by atoms with Crippen molar-refractivity contribution in [2.75, 3.05) is 4.90 Å². The van der Waals surface area contributed by atoms with E-state index in [1.54, 1.807) is 23.6 Å². The van der Waals surface area contributed by atoms with Gasteiger partial charge in [0.2, 0.25) is 11.8 Å². The zero-order valence-corrected chi connectivity index (χ0v) is 17.8. The van der Waals surface area contributed by atoms with Gasteiger partial charge in [-0.25, -0.2) is 14.8 Å². The van der Waals surface area contributed by atoms with E-state index in [0.29, 0.717) is 32.1 Å². The van der Waals surface area contributed by atoms with Crippen LogP contribution in [0.1, 0.15) is 18.2 Å². The molecule has 0 saturated carbocycles. The number of thiazole rings is 1. The number of amides is 1. The third kappa shape index (κ3) is 4.14. The Hall–Kier alpha value is -3.00. The van der Waals surface area contributed by atoms with Gasteiger partial charge in [-0.3, -0.25) is 9.69 Å². The number of carbonyl (C=O) groups is 2. The second-order valence-electron chi connectivity index (χ2n) is 6.21. The van der Waals surface area contributed by atoms with E-state index in [-0.39, 0.29) is 17.5 Å². The lowest BCUT2D eigenvalue weighted by molar-refractivity contribution is -0.130. The lowest BCUT2D eigenvalue weighted by Crippen LogP contribution is -2.22. The van der Waals surface area contributed by atoms with Crippen LogP contribution >= 0.6 is 34.5 Å². The number of para-hydroxylation sites is 1. The summed E-state index contributed by atoms with van der Waals surface area (Å²) in [5.74, 6) is -0.692. The Balaban J connectivity index is 1.64. The summed E-state index contributed by atoms with van der Waals surface area (Å²) in [5.41, 5.74) is 1.73. The van der Waals surface area contributed by atoms with E-state index in [9.17, 15) is 9.59 Å². The molecule has 0 N–H and O–H groups in total. The lowest BCUT2D eigenvalue weighted by atomic mass is 10.2. The van der Waals surface area contributed by atoms with Crippen molar-refractivity contribution >= 4 is 69.2 Å². The van der Waals surface area contributed by atoms with Crippen LogP contribution in [0.2, 0.25) is 10.0 Å². The molecule has 2 aromatic carbocycles. The lowest BCUT2D eigenvalue weighted by Gasteiger charge is -2.17. The number of aliphatic imine (C=N–C) groups is 1. The van der Waals surface area contributed by atoms with Crippen molar-refractivity contribution < 1.29 is 14.3 Å². The number of carbonyl (C=O) groups excluding carboxylic acids is 2. The Morgan fingerprint density at radius 1 is 1.17 bits per heavy atom. The fraction of sp³-hybridized carbons (Fsp3) is 0.0476. The average molecular weight is 458 g/mol. The second kappa shape index (κ2) is 8.39. The van der Waals surface area contributed by atoms with E-state index in [0.717, 1.165) is 0 Å². The van der Waals surface area contributed by atoms with Gasteiger partial charge in [0.25, 0.3) is 0 Å². The number of nitrogens with zero attached hydrogens (tertiary/aromatic N) is 3. The Kier molecular flexibility index (Phi) is 5.67. The first-order chi connectivity index (χ1) is 14.4. The highest BCUT2D eigenvalue weighted by atomic mass is 35.5. The molecule has 0 spiro atoms. The van der Waals surface area contributed by atoms with Crippen molar-refractivity contribution in [1.82, 2.24) is 4.98 Å². The first kappa shape index (κ1) is 20.3. The standard InChI is InChI=1S/C21H13Cl2N3O3S/c1-12(27)26(15-5-3-2-4-6-15)21-24-14(11-30-21)10-18-20(28)29-19(25-18)16-8-7-13(22)9-17(16)23/h2-11H,1H3/b18-10-. The van der Waals surface area contributed by atoms with Crippen LogP contribution in [0.4, 0.5) is 10.8 Å². The molecule has 0 radical (unpaired) electrons. The number of anilines is 2. The minimum atomic E-state index is -0.614. The smallest absolute Gasteiger partial charge is 0.363 e. The first-order valence-electron chi connectivity index (χ1n) is 8.71. The van der Waals surface area contributed by atoms with Crippen LogP contribution in [0.5, 0.6) is 0 Å². The molecule has 150 valence electrons. The van der Waals surface area contributed by atoms with Crippen molar-refractivity contribution in [2.45, 2.75) is 6.92 Å². The molecule has 1 aliphatic rings. The summed E-state index contributed by atoms with van der Waals surface area (Å²) in [6.07, 6.45) is 1.50. The number of rotatable bonds is 4. The number of esters is 1. The van der Waals surface area contributed by atoms with Crippen LogP contribution in [0, 0.1) is 0 Å². The molecule has 0 saturated heterocycles. The van der Waals surface area contributed by atoms with Crippen LogP contribution in [0.15, 0.2) is 64.6 Å². The van der Waals surface area contributed by atoms with Crippen LogP contribution < -0.4 is 4.90 Å². The Labute approximate surface area is 186 Å². The van der Waals surface area contributed by atoms with Gasteiger partial charge in [-0.2, -0.15) is 0 Å². The normalized spacial score (nSPS) is 14.6. The Morgan fingerprint density at radius 3 is 2.63 bits per heavy atom. The van der Waals surface area contributed by atoms with Crippen molar-refractivity contribution in [3.63, 3.8) is 0 Å². The zero-order valence-electron chi connectivity index (χ0n) is 15.5. The van der Waals surface area contributed by atoms with Crippen molar-refractivity contribution in [3.05, 3.63) is 80.9 Å². The third-order valence-corrected chi connectivity index (χ3v) is 5.49. The van der Waals surface area contributed by atoms with E-state index >= 15 is 0 Å². The monoisotopic (exact) mass is 457 g/mol. The first-order valence-corrected chi connectivity index (χ1v) is 10.3.